The summed E-state index contributed by atoms with van der Waals surface area (Å²) >= 11 is 0. The van der Waals surface area contributed by atoms with Crippen molar-refractivity contribution in [3.8, 4) is 0 Å². The average Bonchev–Trinajstić information content (AvgIpc) is 3.01. The molecule has 1 aromatic carbocycles. The van der Waals surface area contributed by atoms with Crippen molar-refractivity contribution in [2.45, 2.75) is 52.5 Å². The van der Waals surface area contributed by atoms with Crippen LogP contribution >= 0.6 is 0 Å². The van der Waals surface area contributed by atoms with E-state index in [-0.39, 0.29) is 0 Å². The number of nitrogens with one attached hydrogen (secondary N) is 1. The van der Waals surface area contributed by atoms with E-state index in [2.05, 4.69) is 61.1 Å². The lowest BCUT2D eigenvalue weighted by molar-refractivity contribution is 0.198. The van der Waals surface area contributed by atoms with Gasteiger partial charge in [0, 0.05) is 11.7 Å². The van der Waals surface area contributed by atoms with Gasteiger partial charge in [0.2, 0.25) is 0 Å². The van der Waals surface area contributed by atoms with Crippen LogP contribution in [0.3, 0.4) is 0 Å². The van der Waals surface area contributed by atoms with Crippen LogP contribution in [0.25, 0.3) is 0 Å². The molecule has 1 saturated heterocycles. The average molecular weight is 316 g/mol. The van der Waals surface area contributed by atoms with Crippen LogP contribution in [-0.2, 0) is 0 Å². The van der Waals surface area contributed by atoms with Crippen molar-refractivity contribution in [1.29, 1.82) is 0 Å². The lowest BCUT2D eigenvalue weighted by Crippen LogP contribution is -2.40. The molecule has 1 aromatic rings. The Balaban J connectivity index is 1.97. The summed E-state index contributed by atoms with van der Waals surface area (Å²) in [5.41, 5.74) is 8.42. The predicted octanol–water partition coefficient (Wildman–Crippen LogP) is 3.66. The van der Waals surface area contributed by atoms with Gasteiger partial charge in [-0.1, -0.05) is 39.8 Å². The number of rotatable bonds is 6. The monoisotopic (exact) mass is 316 g/mol. The van der Waals surface area contributed by atoms with E-state index in [9.17, 15) is 0 Å². The van der Waals surface area contributed by atoms with E-state index in [1.54, 1.807) is 0 Å². The number of nitrogens with zero attached hydrogens (tertiary/aromatic N) is 2. The van der Waals surface area contributed by atoms with E-state index in [1.807, 2.05) is 6.07 Å². The first-order valence-corrected chi connectivity index (χ1v) is 8.88. The molecule has 1 heterocycles. The minimum atomic E-state index is 0.486. The molecular formula is C19H32N4. The number of guanidine groups is 1. The highest BCUT2D eigenvalue weighted by Crippen LogP contribution is 2.19. The molecule has 0 radical (unpaired) electrons. The van der Waals surface area contributed by atoms with Gasteiger partial charge in [0.05, 0.1) is 6.54 Å². The topological polar surface area (TPSA) is 53.6 Å². The molecule has 128 valence electrons. The molecule has 0 aliphatic carbocycles. The van der Waals surface area contributed by atoms with Crippen LogP contribution in [0.5, 0.6) is 0 Å². The molecule has 1 unspecified atom stereocenters. The van der Waals surface area contributed by atoms with Crippen molar-refractivity contribution >= 4 is 11.6 Å². The van der Waals surface area contributed by atoms with Crippen molar-refractivity contribution < 1.29 is 0 Å². The normalized spacial score (nSPS) is 17.9. The fourth-order valence-electron chi connectivity index (χ4n) is 3.18. The van der Waals surface area contributed by atoms with Crippen LogP contribution in [0.4, 0.5) is 5.69 Å². The van der Waals surface area contributed by atoms with Gasteiger partial charge in [0.25, 0.3) is 0 Å². The maximum Gasteiger partial charge on any atom is 0.193 e. The molecule has 0 spiro atoms. The van der Waals surface area contributed by atoms with Crippen LogP contribution in [-0.4, -0.2) is 36.5 Å². The maximum absolute atomic E-state index is 6.10. The minimum absolute atomic E-state index is 0.486. The Hall–Kier alpha value is -1.55. The Kier molecular flexibility index (Phi) is 6.46. The second kappa shape index (κ2) is 8.34. The van der Waals surface area contributed by atoms with Gasteiger partial charge in [-0.3, -0.25) is 9.89 Å². The number of anilines is 1. The van der Waals surface area contributed by atoms with E-state index in [4.69, 9.17) is 5.73 Å². The molecule has 0 aromatic heterocycles. The van der Waals surface area contributed by atoms with Gasteiger partial charge >= 0.3 is 0 Å². The SMILES string of the molecule is CC(C)c1cccc(NC(N)=NCC(C(C)C)N2CCCC2)c1. The van der Waals surface area contributed by atoms with Gasteiger partial charge in [-0.25, -0.2) is 0 Å². The second-order valence-electron chi connectivity index (χ2n) is 7.19. The second-order valence-corrected chi connectivity index (χ2v) is 7.19. The number of likely N-dealkylation sites (tertiary alicyclic amines) is 1. The Morgan fingerprint density at radius 1 is 1.22 bits per heavy atom. The van der Waals surface area contributed by atoms with Gasteiger partial charge in [-0.15, -0.1) is 0 Å². The first kappa shape index (κ1) is 17.8. The third-order valence-electron chi connectivity index (χ3n) is 4.65. The van der Waals surface area contributed by atoms with Crippen LogP contribution in [0.1, 0.15) is 52.0 Å². The van der Waals surface area contributed by atoms with Crippen LogP contribution in [0.2, 0.25) is 0 Å². The Labute approximate surface area is 141 Å². The van der Waals surface area contributed by atoms with Crippen molar-refractivity contribution in [1.82, 2.24) is 4.90 Å². The highest BCUT2D eigenvalue weighted by Gasteiger charge is 2.24. The molecule has 2 rings (SSSR count). The number of hydrogen-bond acceptors (Lipinski definition) is 2. The smallest absolute Gasteiger partial charge is 0.193 e. The molecule has 0 saturated carbocycles. The summed E-state index contributed by atoms with van der Waals surface area (Å²) in [5.74, 6) is 1.61. The van der Waals surface area contributed by atoms with Gasteiger partial charge < -0.3 is 11.1 Å². The van der Waals surface area contributed by atoms with Crippen LogP contribution in [0, 0.1) is 5.92 Å². The zero-order valence-electron chi connectivity index (χ0n) is 15.0. The van der Waals surface area contributed by atoms with Gasteiger partial charge in [0.15, 0.2) is 5.96 Å². The molecule has 0 bridgehead atoms. The van der Waals surface area contributed by atoms with Crippen molar-refractivity contribution in [2.75, 3.05) is 25.0 Å². The molecule has 1 aliphatic heterocycles. The van der Waals surface area contributed by atoms with Crippen molar-refractivity contribution in [3.63, 3.8) is 0 Å². The standard InChI is InChI=1S/C19H32N4/c1-14(2)16-8-7-9-17(12-16)22-19(20)21-13-18(15(3)4)23-10-5-6-11-23/h7-9,12,14-15,18H,5-6,10-11,13H2,1-4H3,(H3,20,21,22). The molecule has 0 amide bonds. The molecule has 4 nitrogen and oxygen atoms in total. The summed E-state index contributed by atoms with van der Waals surface area (Å²) in [7, 11) is 0. The Morgan fingerprint density at radius 2 is 1.91 bits per heavy atom. The summed E-state index contributed by atoms with van der Waals surface area (Å²) in [6.07, 6.45) is 2.62. The molecule has 4 heteroatoms. The van der Waals surface area contributed by atoms with E-state index >= 15 is 0 Å². The molecular weight excluding hydrogens is 284 g/mol. The lowest BCUT2D eigenvalue weighted by atomic mass is 10.0. The number of benzene rings is 1. The van der Waals surface area contributed by atoms with Crippen molar-refractivity contribution in [2.24, 2.45) is 16.6 Å². The summed E-state index contributed by atoms with van der Waals surface area (Å²) in [6.45, 7) is 12.1. The van der Waals surface area contributed by atoms with Crippen LogP contribution in [0.15, 0.2) is 29.3 Å². The lowest BCUT2D eigenvalue weighted by Gasteiger charge is -2.29. The first-order valence-electron chi connectivity index (χ1n) is 8.88. The first-order chi connectivity index (χ1) is 11.0. The van der Waals surface area contributed by atoms with Gasteiger partial charge in [0.1, 0.15) is 0 Å². The molecule has 1 aliphatic rings. The van der Waals surface area contributed by atoms with E-state index in [0.717, 1.165) is 12.2 Å². The maximum atomic E-state index is 6.10. The molecule has 23 heavy (non-hydrogen) atoms. The molecule has 1 atom stereocenters. The summed E-state index contributed by atoms with van der Waals surface area (Å²) in [4.78, 5) is 7.16. The third kappa shape index (κ3) is 5.24. The van der Waals surface area contributed by atoms with E-state index in [0.29, 0.717) is 23.8 Å². The van der Waals surface area contributed by atoms with Crippen LogP contribution < -0.4 is 11.1 Å². The van der Waals surface area contributed by atoms with E-state index < -0.39 is 0 Å². The predicted molar refractivity (Wildman–Crippen MR) is 100 cm³/mol. The summed E-state index contributed by atoms with van der Waals surface area (Å²) in [5, 5.41) is 3.23. The fraction of sp³-hybridized carbons (Fsp3) is 0.632. The minimum Gasteiger partial charge on any atom is -0.370 e. The largest absolute Gasteiger partial charge is 0.370 e. The molecule has 1 fully saturated rings. The Bertz CT molecular complexity index is 516. The molecule has 3 N–H and O–H groups in total. The van der Waals surface area contributed by atoms with Gasteiger partial charge in [-0.05, 0) is 55.5 Å². The Morgan fingerprint density at radius 3 is 2.52 bits per heavy atom. The number of nitrogens with two attached hydrogens (primary N) is 1. The summed E-state index contributed by atoms with van der Waals surface area (Å²) < 4.78 is 0. The number of hydrogen-bond donors (Lipinski definition) is 2. The zero-order valence-corrected chi connectivity index (χ0v) is 15.0. The highest BCUT2D eigenvalue weighted by atomic mass is 15.2. The highest BCUT2D eigenvalue weighted by molar-refractivity contribution is 5.92. The number of aliphatic imine (C=N–C) groups is 1. The quantitative estimate of drug-likeness (QED) is 0.622. The fourth-order valence-corrected chi connectivity index (χ4v) is 3.18. The van der Waals surface area contributed by atoms with E-state index in [1.165, 1.54) is 31.5 Å². The zero-order chi connectivity index (χ0) is 16.8. The van der Waals surface area contributed by atoms with Crippen molar-refractivity contribution in [3.05, 3.63) is 29.8 Å². The van der Waals surface area contributed by atoms with Gasteiger partial charge in [-0.2, -0.15) is 0 Å². The summed E-state index contributed by atoms with van der Waals surface area (Å²) in [6, 6.07) is 8.87. The third-order valence-corrected chi connectivity index (χ3v) is 4.65.